The number of nitrogens with zero attached hydrogens (tertiary/aromatic N) is 1. The minimum atomic E-state index is -0.523. The van der Waals surface area contributed by atoms with Crippen LogP contribution in [-0.2, 0) is 22.6 Å². The Kier molecular flexibility index (Phi) is 8.50. The molecule has 2 amide bonds. The number of halogens is 1. The van der Waals surface area contributed by atoms with E-state index in [1.165, 1.54) is 6.42 Å². The van der Waals surface area contributed by atoms with Crippen molar-refractivity contribution in [3.8, 4) is 0 Å². The molecular weight excluding hydrogens is 440 g/mol. The van der Waals surface area contributed by atoms with Crippen LogP contribution in [0.25, 0.3) is 0 Å². The molecule has 0 spiro atoms. The summed E-state index contributed by atoms with van der Waals surface area (Å²) in [6, 6.07) is 17.6. The van der Waals surface area contributed by atoms with Crippen molar-refractivity contribution < 1.29 is 9.59 Å². The predicted molar refractivity (Wildman–Crippen MR) is 124 cm³/mol. The van der Waals surface area contributed by atoms with Gasteiger partial charge in [0.05, 0.1) is 0 Å². The second-order valence-electron chi connectivity index (χ2n) is 8.05. The summed E-state index contributed by atoms with van der Waals surface area (Å²) in [6.07, 6.45) is 6.50. The fraction of sp³-hybridized carbons (Fsp3) is 0.440. The molecule has 2 aromatic rings. The summed E-state index contributed by atoms with van der Waals surface area (Å²) < 4.78 is 0.996. The number of rotatable bonds is 8. The highest BCUT2D eigenvalue weighted by Crippen LogP contribution is 2.20. The van der Waals surface area contributed by atoms with Crippen molar-refractivity contribution in [2.24, 2.45) is 0 Å². The first kappa shape index (κ1) is 22.5. The Hall–Kier alpha value is -2.14. The zero-order valence-corrected chi connectivity index (χ0v) is 19.2. The highest BCUT2D eigenvalue weighted by atomic mass is 79.9. The SMILES string of the molecule is CCC(=O)N(Cc1ccc(Br)cc1)C(Cc1ccccc1)C(=O)NC1CCCCC1. The van der Waals surface area contributed by atoms with E-state index >= 15 is 0 Å². The molecule has 1 atom stereocenters. The Morgan fingerprint density at radius 3 is 2.30 bits per heavy atom. The van der Waals surface area contributed by atoms with Gasteiger partial charge in [-0.05, 0) is 36.1 Å². The molecule has 1 aliphatic carbocycles. The van der Waals surface area contributed by atoms with Gasteiger partial charge in [-0.15, -0.1) is 0 Å². The van der Waals surface area contributed by atoms with Gasteiger partial charge in [-0.2, -0.15) is 0 Å². The Bertz CT molecular complexity index is 817. The van der Waals surface area contributed by atoms with Crippen LogP contribution in [0, 0.1) is 0 Å². The molecule has 1 saturated carbocycles. The van der Waals surface area contributed by atoms with E-state index in [4.69, 9.17) is 0 Å². The molecule has 0 heterocycles. The van der Waals surface area contributed by atoms with Gasteiger partial charge in [0.15, 0.2) is 0 Å². The Labute approximate surface area is 188 Å². The molecule has 1 unspecified atom stereocenters. The summed E-state index contributed by atoms with van der Waals surface area (Å²) in [4.78, 5) is 28.1. The normalized spacial score (nSPS) is 15.4. The highest BCUT2D eigenvalue weighted by Gasteiger charge is 2.31. The molecule has 1 N–H and O–H groups in total. The van der Waals surface area contributed by atoms with Crippen molar-refractivity contribution in [1.82, 2.24) is 10.2 Å². The van der Waals surface area contributed by atoms with Gasteiger partial charge < -0.3 is 10.2 Å². The molecule has 30 heavy (non-hydrogen) atoms. The van der Waals surface area contributed by atoms with Crippen molar-refractivity contribution in [2.45, 2.75) is 70.5 Å². The second-order valence-corrected chi connectivity index (χ2v) is 8.97. The number of carbonyl (C=O) groups excluding carboxylic acids is 2. The fourth-order valence-electron chi connectivity index (χ4n) is 4.09. The van der Waals surface area contributed by atoms with Gasteiger partial charge in [0.25, 0.3) is 0 Å². The smallest absolute Gasteiger partial charge is 0.243 e. The molecule has 0 radical (unpaired) electrons. The maximum Gasteiger partial charge on any atom is 0.243 e. The molecule has 0 aliphatic heterocycles. The quantitative estimate of drug-likeness (QED) is 0.572. The predicted octanol–water partition coefficient (Wildman–Crippen LogP) is 5.25. The molecule has 0 bridgehead atoms. The Morgan fingerprint density at radius 1 is 1.00 bits per heavy atom. The van der Waals surface area contributed by atoms with E-state index in [1.807, 2.05) is 61.5 Å². The number of hydrogen-bond donors (Lipinski definition) is 1. The topological polar surface area (TPSA) is 49.4 Å². The Morgan fingerprint density at radius 2 is 1.67 bits per heavy atom. The first-order chi connectivity index (χ1) is 14.6. The molecule has 2 aromatic carbocycles. The largest absolute Gasteiger partial charge is 0.352 e. The van der Waals surface area contributed by atoms with Crippen molar-refractivity contribution >= 4 is 27.7 Å². The van der Waals surface area contributed by atoms with Gasteiger partial charge in [-0.25, -0.2) is 0 Å². The van der Waals surface area contributed by atoms with Gasteiger partial charge in [0, 0.05) is 29.9 Å². The lowest BCUT2D eigenvalue weighted by atomic mass is 9.94. The summed E-state index contributed by atoms with van der Waals surface area (Å²) >= 11 is 3.46. The summed E-state index contributed by atoms with van der Waals surface area (Å²) in [6.45, 7) is 2.28. The zero-order chi connectivity index (χ0) is 21.3. The van der Waals surface area contributed by atoms with Crippen molar-refractivity contribution in [3.63, 3.8) is 0 Å². The molecule has 1 aliphatic rings. The average Bonchev–Trinajstić information content (AvgIpc) is 2.78. The number of amides is 2. The number of carbonyl (C=O) groups is 2. The lowest BCUT2D eigenvalue weighted by Crippen LogP contribution is -2.52. The summed E-state index contributed by atoms with van der Waals surface area (Å²) in [7, 11) is 0. The standard InChI is InChI=1S/C25H31BrN2O2/c1-2-24(29)28(18-20-13-15-21(26)16-14-20)23(17-19-9-5-3-6-10-19)25(30)27-22-11-7-4-8-12-22/h3,5-6,9-10,13-16,22-23H,2,4,7-8,11-12,17-18H2,1H3,(H,27,30). The lowest BCUT2D eigenvalue weighted by Gasteiger charge is -2.33. The van der Waals surface area contributed by atoms with Crippen LogP contribution in [0.1, 0.15) is 56.6 Å². The van der Waals surface area contributed by atoms with Gasteiger partial charge in [0.2, 0.25) is 11.8 Å². The van der Waals surface area contributed by atoms with Crippen molar-refractivity contribution in [2.75, 3.05) is 0 Å². The van der Waals surface area contributed by atoms with E-state index in [1.54, 1.807) is 4.90 Å². The van der Waals surface area contributed by atoms with Crippen LogP contribution in [-0.4, -0.2) is 28.8 Å². The molecule has 4 nitrogen and oxygen atoms in total. The number of benzene rings is 2. The van der Waals surface area contributed by atoms with Crippen molar-refractivity contribution in [1.29, 1.82) is 0 Å². The van der Waals surface area contributed by atoms with E-state index in [0.717, 1.165) is 41.3 Å². The Balaban J connectivity index is 1.85. The highest BCUT2D eigenvalue weighted by molar-refractivity contribution is 9.10. The van der Waals surface area contributed by atoms with Crippen LogP contribution in [0.3, 0.4) is 0 Å². The van der Waals surface area contributed by atoms with Crippen molar-refractivity contribution in [3.05, 3.63) is 70.2 Å². The third kappa shape index (κ3) is 6.43. The minimum absolute atomic E-state index is 0.00218. The lowest BCUT2D eigenvalue weighted by molar-refractivity contribution is -0.141. The molecule has 3 rings (SSSR count). The minimum Gasteiger partial charge on any atom is -0.352 e. The first-order valence-electron chi connectivity index (χ1n) is 10.9. The maximum atomic E-state index is 13.4. The van der Waals surface area contributed by atoms with Crippen LogP contribution >= 0.6 is 15.9 Å². The van der Waals surface area contributed by atoms with Crippen LogP contribution in [0.2, 0.25) is 0 Å². The van der Waals surface area contributed by atoms with E-state index in [9.17, 15) is 9.59 Å². The van der Waals surface area contributed by atoms with Gasteiger partial charge in [-0.3, -0.25) is 9.59 Å². The van der Waals surface area contributed by atoms with Crippen LogP contribution in [0.15, 0.2) is 59.1 Å². The fourth-order valence-corrected chi connectivity index (χ4v) is 4.35. The first-order valence-corrected chi connectivity index (χ1v) is 11.7. The molecule has 1 fully saturated rings. The van der Waals surface area contributed by atoms with E-state index < -0.39 is 6.04 Å². The second kappa shape index (κ2) is 11.3. The van der Waals surface area contributed by atoms with E-state index in [-0.39, 0.29) is 17.9 Å². The number of hydrogen-bond acceptors (Lipinski definition) is 2. The molecule has 0 aromatic heterocycles. The molecule has 5 heteroatoms. The molecule has 0 saturated heterocycles. The van der Waals surface area contributed by atoms with Crippen LogP contribution in [0.5, 0.6) is 0 Å². The monoisotopic (exact) mass is 470 g/mol. The van der Waals surface area contributed by atoms with E-state index in [2.05, 4.69) is 21.2 Å². The maximum absolute atomic E-state index is 13.4. The average molecular weight is 471 g/mol. The molecule has 160 valence electrons. The summed E-state index contributed by atoms with van der Waals surface area (Å²) in [5, 5.41) is 3.25. The zero-order valence-electron chi connectivity index (χ0n) is 17.6. The summed E-state index contributed by atoms with van der Waals surface area (Å²) in [5.41, 5.74) is 2.08. The third-order valence-corrected chi connectivity index (χ3v) is 6.32. The van der Waals surface area contributed by atoms with Gasteiger partial charge in [-0.1, -0.05) is 84.6 Å². The van der Waals surface area contributed by atoms with Gasteiger partial charge in [0.1, 0.15) is 6.04 Å². The van der Waals surface area contributed by atoms with Gasteiger partial charge >= 0.3 is 0 Å². The molecular formula is C25H31BrN2O2. The van der Waals surface area contributed by atoms with Crippen LogP contribution < -0.4 is 5.32 Å². The summed E-state index contributed by atoms with van der Waals surface area (Å²) in [5.74, 6) is -0.0395. The van der Waals surface area contributed by atoms with Crippen LogP contribution in [0.4, 0.5) is 0 Å². The van der Waals surface area contributed by atoms with E-state index in [0.29, 0.717) is 19.4 Å². The third-order valence-electron chi connectivity index (χ3n) is 5.79. The number of nitrogens with one attached hydrogen (secondary N) is 1.